The molecule has 2 nitrogen and oxygen atoms in total. The van der Waals surface area contributed by atoms with Crippen molar-refractivity contribution in [2.75, 3.05) is 26.7 Å². The van der Waals surface area contributed by atoms with E-state index >= 15 is 0 Å². The van der Waals surface area contributed by atoms with Crippen LogP contribution in [-0.4, -0.2) is 37.6 Å². The summed E-state index contributed by atoms with van der Waals surface area (Å²) in [6, 6.07) is 0.940. The van der Waals surface area contributed by atoms with E-state index in [9.17, 15) is 0 Å². The average molecular weight is 154 g/mol. The molecule has 0 aromatic heterocycles. The SMILES string of the molecule is CN(C[C@@H]1CCNC1)C1CC1. The molecule has 64 valence electrons. The van der Waals surface area contributed by atoms with Gasteiger partial charge in [0.25, 0.3) is 0 Å². The van der Waals surface area contributed by atoms with E-state index in [4.69, 9.17) is 0 Å². The lowest BCUT2D eigenvalue weighted by atomic mass is 10.1. The summed E-state index contributed by atoms with van der Waals surface area (Å²) in [4.78, 5) is 2.54. The highest BCUT2D eigenvalue weighted by Crippen LogP contribution is 2.26. The molecule has 0 aromatic rings. The lowest BCUT2D eigenvalue weighted by Gasteiger charge is -2.19. The second kappa shape index (κ2) is 3.11. The highest BCUT2D eigenvalue weighted by Gasteiger charge is 2.28. The molecule has 0 unspecified atom stereocenters. The van der Waals surface area contributed by atoms with Crippen LogP contribution in [0.15, 0.2) is 0 Å². The fourth-order valence-electron chi connectivity index (χ4n) is 1.94. The van der Waals surface area contributed by atoms with Crippen LogP contribution < -0.4 is 5.32 Å². The molecule has 2 rings (SSSR count). The van der Waals surface area contributed by atoms with Crippen molar-refractivity contribution in [1.82, 2.24) is 10.2 Å². The quantitative estimate of drug-likeness (QED) is 0.643. The first-order chi connectivity index (χ1) is 5.36. The Balaban J connectivity index is 1.70. The van der Waals surface area contributed by atoms with Gasteiger partial charge >= 0.3 is 0 Å². The van der Waals surface area contributed by atoms with Crippen LogP contribution in [0.3, 0.4) is 0 Å². The third-order valence-electron chi connectivity index (χ3n) is 2.88. The van der Waals surface area contributed by atoms with Crippen LogP contribution in [0.1, 0.15) is 19.3 Å². The van der Waals surface area contributed by atoms with Gasteiger partial charge in [-0.25, -0.2) is 0 Å². The summed E-state index contributed by atoms with van der Waals surface area (Å²) in [5, 5.41) is 3.41. The van der Waals surface area contributed by atoms with Gasteiger partial charge in [-0.05, 0) is 45.3 Å². The molecule has 1 atom stereocenters. The zero-order chi connectivity index (χ0) is 7.68. The van der Waals surface area contributed by atoms with Gasteiger partial charge in [-0.2, -0.15) is 0 Å². The standard InChI is InChI=1S/C9H18N2/c1-11(9-2-3-9)7-8-4-5-10-6-8/h8-10H,2-7H2,1H3/t8-/m1/s1. The molecule has 1 saturated carbocycles. The fraction of sp³-hybridized carbons (Fsp3) is 1.00. The fourth-order valence-corrected chi connectivity index (χ4v) is 1.94. The van der Waals surface area contributed by atoms with E-state index in [0.29, 0.717) is 0 Å². The van der Waals surface area contributed by atoms with Gasteiger partial charge in [0.05, 0.1) is 0 Å². The highest BCUT2D eigenvalue weighted by molar-refractivity contribution is 4.85. The van der Waals surface area contributed by atoms with Gasteiger partial charge in [-0.15, -0.1) is 0 Å². The van der Waals surface area contributed by atoms with Crippen molar-refractivity contribution in [3.63, 3.8) is 0 Å². The maximum absolute atomic E-state index is 3.41. The lowest BCUT2D eigenvalue weighted by Crippen LogP contribution is -2.28. The summed E-state index contributed by atoms with van der Waals surface area (Å²) >= 11 is 0. The van der Waals surface area contributed by atoms with E-state index < -0.39 is 0 Å². The normalized spacial score (nSPS) is 31.6. The van der Waals surface area contributed by atoms with Gasteiger partial charge in [-0.1, -0.05) is 0 Å². The third kappa shape index (κ3) is 1.94. The first kappa shape index (κ1) is 7.56. The molecule has 0 spiro atoms. The van der Waals surface area contributed by atoms with Crippen molar-refractivity contribution in [3.8, 4) is 0 Å². The molecule has 1 saturated heterocycles. The predicted octanol–water partition coefficient (Wildman–Crippen LogP) is 0.690. The van der Waals surface area contributed by atoms with Crippen LogP contribution in [0.25, 0.3) is 0 Å². The van der Waals surface area contributed by atoms with Gasteiger partial charge in [0.2, 0.25) is 0 Å². The molecule has 0 radical (unpaired) electrons. The zero-order valence-corrected chi connectivity index (χ0v) is 7.34. The topological polar surface area (TPSA) is 15.3 Å². The molecule has 1 aliphatic carbocycles. The van der Waals surface area contributed by atoms with Crippen molar-refractivity contribution >= 4 is 0 Å². The molecule has 0 amide bonds. The second-order valence-corrected chi connectivity index (χ2v) is 4.03. The predicted molar refractivity (Wildman–Crippen MR) is 46.6 cm³/mol. The Kier molecular flexibility index (Phi) is 2.14. The van der Waals surface area contributed by atoms with Crippen LogP contribution in [-0.2, 0) is 0 Å². The van der Waals surface area contributed by atoms with Gasteiger partial charge in [-0.3, -0.25) is 0 Å². The molecule has 1 N–H and O–H groups in total. The first-order valence-corrected chi connectivity index (χ1v) is 4.77. The van der Waals surface area contributed by atoms with Crippen molar-refractivity contribution in [2.45, 2.75) is 25.3 Å². The summed E-state index contributed by atoms with van der Waals surface area (Å²) in [6.45, 7) is 3.80. The van der Waals surface area contributed by atoms with Gasteiger partial charge in [0.15, 0.2) is 0 Å². The van der Waals surface area contributed by atoms with Crippen LogP contribution in [0.4, 0.5) is 0 Å². The van der Waals surface area contributed by atoms with Gasteiger partial charge in [0.1, 0.15) is 0 Å². The monoisotopic (exact) mass is 154 g/mol. The van der Waals surface area contributed by atoms with E-state index in [1.807, 2.05) is 0 Å². The Morgan fingerprint density at radius 2 is 2.18 bits per heavy atom. The maximum Gasteiger partial charge on any atom is 0.00934 e. The third-order valence-corrected chi connectivity index (χ3v) is 2.88. The maximum atomic E-state index is 3.41. The Bertz CT molecular complexity index is 126. The number of hydrogen-bond acceptors (Lipinski definition) is 2. The molecule has 2 heteroatoms. The van der Waals surface area contributed by atoms with Crippen molar-refractivity contribution in [1.29, 1.82) is 0 Å². The molecular weight excluding hydrogens is 136 g/mol. The Morgan fingerprint density at radius 3 is 2.73 bits per heavy atom. The number of rotatable bonds is 3. The van der Waals surface area contributed by atoms with Gasteiger partial charge in [0, 0.05) is 12.6 Å². The van der Waals surface area contributed by atoms with E-state index in [1.165, 1.54) is 38.9 Å². The average Bonchev–Trinajstić information content (AvgIpc) is 2.73. The van der Waals surface area contributed by atoms with E-state index in [1.54, 1.807) is 0 Å². The van der Waals surface area contributed by atoms with E-state index in [0.717, 1.165) is 12.0 Å². The van der Waals surface area contributed by atoms with Crippen molar-refractivity contribution in [3.05, 3.63) is 0 Å². The molecular formula is C9H18N2. The number of hydrogen-bond donors (Lipinski definition) is 1. The smallest absolute Gasteiger partial charge is 0.00934 e. The summed E-state index contributed by atoms with van der Waals surface area (Å²) in [5.74, 6) is 0.931. The van der Waals surface area contributed by atoms with Crippen LogP contribution in [0.2, 0.25) is 0 Å². The first-order valence-electron chi connectivity index (χ1n) is 4.77. The molecule has 0 bridgehead atoms. The molecule has 11 heavy (non-hydrogen) atoms. The Labute approximate surface area is 69.0 Å². The van der Waals surface area contributed by atoms with Crippen molar-refractivity contribution in [2.24, 2.45) is 5.92 Å². The molecule has 0 aromatic carbocycles. The minimum atomic E-state index is 0.931. The molecule has 2 aliphatic rings. The summed E-state index contributed by atoms with van der Waals surface area (Å²) in [5.41, 5.74) is 0. The highest BCUT2D eigenvalue weighted by atomic mass is 15.2. The molecule has 1 heterocycles. The zero-order valence-electron chi connectivity index (χ0n) is 7.34. The summed E-state index contributed by atoms with van der Waals surface area (Å²) in [6.07, 6.45) is 4.27. The Hall–Kier alpha value is -0.0800. The minimum Gasteiger partial charge on any atom is -0.316 e. The lowest BCUT2D eigenvalue weighted by molar-refractivity contribution is 0.276. The Morgan fingerprint density at radius 1 is 1.36 bits per heavy atom. The number of nitrogens with one attached hydrogen (secondary N) is 1. The molecule has 1 aliphatic heterocycles. The van der Waals surface area contributed by atoms with Gasteiger partial charge < -0.3 is 10.2 Å². The summed E-state index contributed by atoms with van der Waals surface area (Å²) in [7, 11) is 2.27. The van der Waals surface area contributed by atoms with Crippen LogP contribution >= 0.6 is 0 Å². The second-order valence-electron chi connectivity index (χ2n) is 4.03. The van der Waals surface area contributed by atoms with E-state index in [2.05, 4.69) is 17.3 Å². The van der Waals surface area contributed by atoms with Crippen LogP contribution in [0.5, 0.6) is 0 Å². The van der Waals surface area contributed by atoms with Crippen molar-refractivity contribution < 1.29 is 0 Å². The summed E-state index contributed by atoms with van der Waals surface area (Å²) < 4.78 is 0. The molecule has 2 fully saturated rings. The van der Waals surface area contributed by atoms with Crippen LogP contribution in [0, 0.1) is 5.92 Å². The minimum absolute atomic E-state index is 0.931. The van der Waals surface area contributed by atoms with E-state index in [-0.39, 0.29) is 0 Å². The largest absolute Gasteiger partial charge is 0.316 e. The number of nitrogens with zero attached hydrogens (tertiary/aromatic N) is 1.